The van der Waals surface area contributed by atoms with Gasteiger partial charge in [-0.25, -0.2) is 0 Å². The third-order valence-corrected chi connectivity index (χ3v) is 4.08. The molecule has 0 fully saturated rings. The number of anilines is 2. The van der Waals surface area contributed by atoms with Crippen molar-refractivity contribution in [3.63, 3.8) is 0 Å². The number of hydrogen-bond acceptors (Lipinski definition) is 4. The van der Waals surface area contributed by atoms with Gasteiger partial charge in [0, 0.05) is 19.4 Å². The molecule has 1 unspecified atom stereocenters. The van der Waals surface area contributed by atoms with Crippen LogP contribution in [0.3, 0.4) is 0 Å². The molecule has 1 aromatic rings. The predicted octanol–water partition coefficient (Wildman–Crippen LogP) is 3.02. The van der Waals surface area contributed by atoms with Gasteiger partial charge in [0.1, 0.15) is 0 Å². The summed E-state index contributed by atoms with van der Waals surface area (Å²) >= 11 is 7.43. The van der Waals surface area contributed by atoms with E-state index in [1.54, 1.807) is 37.1 Å². The summed E-state index contributed by atoms with van der Waals surface area (Å²) in [4.78, 5) is 11.9. The third-order valence-electron chi connectivity index (χ3n) is 2.49. The lowest BCUT2D eigenvalue weighted by Gasteiger charge is -2.12. The van der Waals surface area contributed by atoms with Crippen molar-refractivity contribution in [1.29, 1.82) is 0 Å². The summed E-state index contributed by atoms with van der Waals surface area (Å²) in [5.41, 5.74) is 6.81. The first-order valence-corrected chi connectivity index (χ1v) is 7.43. The predicted molar refractivity (Wildman–Crippen MR) is 82.9 cm³/mol. The van der Waals surface area contributed by atoms with Gasteiger partial charge in [-0.15, -0.1) is 11.8 Å². The summed E-state index contributed by atoms with van der Waals surface area (Å²) in [5, 5.41) is 3.19. The Hall–Kier alpha value is -0.910. The Bertz CT molecular complexity index is 429. The maximum Gasteiger partial charge on any atom is 0.237 e. The number of benzene rings is 1. The van der Waals surface area contributed by atoms with Gasteiger partial charge < -0.3 is 15.8 Å². The van der Waals surface area contributed by atoms with Crippen molar-refractivity contribution in [2.75, 3.05) is 30.5 Å². The number of carbonyl (C=O) groups excluding carboxylic acids is 1. The number of hydrogen-bond donors (Lipinski definition) is 2. The summed E-state index contributed by atoms with van der Waals surface area (Å²) in [6.45, 7) is 2.60. The second kappa shape index (κ2) is 8.30. The van der Waals surface area contributed by atoms with Crippen molar-refractivity contribution < 1.29 is 9.53 Å². The van der Waals surface area contributed by atoms with Crippen LogP contribution in [0, 0.1) is 0 Å². The lowest BCUT2D eigenvalue weighted by atomic mass is 10.2. The van der Waals surface area contributed by atoms with Crippen molar-refractivity contribution >= 4 is 40.6 Å². The highest BCUT2D eigenvalue weighted by molar-refractivity contribution is 8.00. The number of carbonyl (C=O) groups is 1. The first kappa shape index (κ1) is 16.1. The molecule has 0 aliphatic carbocycles. The van der Waals surface area contributed by atoms with Crippen LogP contribution in [0.4, 0.5) is 11.4 Å². The van der Waals surface area contributed by atoms with Gasteiger partial charge >= 0.3 is 0 Å². The quantitative estimate of drug-likeness (QED) is 0.600. The number of nitrogen functional groups attached to an aromatic ring is 1. The zero-order valence-electron chi connectivity index (χ0n) is 11.1. The topological polar surface area (TPSA) is 64.3 Å². The molecule has 0 aliphatic heterocycles. The standard InChI is InChI=1S/C13H19ClN2O2S/c1-9(19-7-3-6-18-2)13(17)16-10-4-5-11(14)12(15)8-10/h4-5,8-9H,3,6-7,15H2,1-2H3,(H,16,17). The van der Waals surface area contributed by atoms with E-state index in [0.717, 1.165) is 18.8 Å². The van der Waals surface area contributed by atoms with Crippen LogP contribution in [0.15, 0.2) is 18.2 Å². The van der Waals surface area contributed by atoms with Gasteiger partial charge in [-0.05, 0) is 37.3 Å². The summed E-state index contributed by atoms with van der Waals surface area (Å²) in [6.07, 6.45) is 0.937. The van der Waals surface area contributed by atoms with Crippen LogP contribution in [-0.4, -0.2) is 30.6 Å². The Morgan fingerprint density at radius 2 is 2.32 bits per heavy atom. The van der Waals surface area contributed by atoms with Crippen molar-refractivity contribution in [2.45, 2.75) is 18.6 Å². The van der Waals surface area contributed by atoms with E-state index in [9.17, 15) is 4.79 Å². The second-order valence-electron chi connectivity index (χ2n) is 4.08. The average molecular weight is 303 g/mol. The minimum absolute atomic E-state index is 0.0378. The first-order valence-electron chi connectivity index (χ1n) is 6.01. The summed E-state index contributed by atoms with van der Waals surface area (Å²) in [6, 6.07) is 5.06. The smallest absolute Gasteiger partial charge is 0.237 e. The van der Waals surface area contributed by atoms with Crippen LogP contribution in [-0.2, 0) is 9.53 Å². The molecule has 0 radical (unpaired) electrons. The number of nitrogens with one attached hydrogen (secondary N) is 1. The van der Waals surface area contributed by atoms with Crippen molar-refractivity contribution in [2.24, 2.45) is 0 Å². The minimum Gasteiger partial charge on any atom is -0.397 e. The van der Waals surface area contributed by atoms with E-state index in [1.807, 2.05) is 6.92 Å². The van der Waals surface area contributed by atoms with Gasteiger partial charge in [0.05, 0.1) is 16.0 Å². The van der Waals surface area contributed by atoms with Gasteiger partial charge in [-0.1, -0.05) is 11.6 Å². The van der Waals surface area contributed by atoms with Gasteiger partial charge in [0.25, 0.3) is 0 Å². The Balaban J connectivity index is 2.42. The van der Waals surface area contributed by atoms with E-state index in [2.05, 4.69) is 5.32 Å². The van der Waals surface area contributed by atoms with Crippen molar-refractivity contribution in [1.82, 2.24) is 0 Å². The molecule has 1 atom stereocenters. The van der Waals surface area contributed by atoms with E-state index in [0.29, 0.717) is 16.4 Å². The molecule has 0 saturated carbocycles. The third kappa shape index (κ3) is 5.72. The minimum atomic E-state index is -0.117. The second-order valence-corrected chi connectivity index (χ2v) is 5.94. The van der Waals surface area contributed by atoms with Crippen molar-refractivity contribution in [3.05, 3.63) is 23.2 Å². The Morgan fingerprint density at radius 3 is 2.95 bits per heavy atom. The van der Waals surface area contributed by atoms with Crippen molar-refractivity contribution in [3.8, 4) is 0 Å². The van der Waals surface area contributed by atoms with Gasteiger partial charge in [0.15, 0.2) is 0 Å². The van der Waals surface area contributed by atoms with E-state index in [4.69, 9.17) is 22.1 Å². The molecule has 0 aromatic heterocycles. The number of halogens is 1. The lowest BCUT2D eigenvalue weighted by Crippen LogP contribution is -2.23. The summed E-state index contributed by atoms with van der Waals surface area (Å²) in [7, 11) is 1.67. The Morgan fingerprint density at radius 1 is 1.58 bits per heavy atom. The molecule has 0 saturated heterocycles. The number of ether oxygens (including phenoxy) is 1. The SMILES string of the molecule is COCCCSC(C)C(=O)Nc1ccc(Cl)c(N)c1. The fourth-order valence-electron chi connectivity index (χ4n) is 1.40. The maximum absolute atomic E-state index is 11.9. The molecule has 1 amide bonds. The first-order chi connectivity index (χ1) is 9.04. The Labute approximate surface area is 123 Å². The molecular weight excluding hydrogens is 284 g/mol. The molecule has 0 bridgehead atoms. The van der Waals surface area contributed by atoms with Gasteiger partial charge in [-0.3, -0.25) is 4.79 Å². The van der Waals surface area contributed by atoms with Crippen LogP contribution in [0.1, 0.15) is 13.3 Å². The van der Waals surface area contributed by atoms with Crippen LogP contribution in [0.25, 0.3) is 0 Å². The summed E-state index contributed by atoms with van der Waals surface area (Å²) in [5.74, 6) is 0.856. The van der Waals surface area contributed by atoms with E-state index in [1.165, 1.54) is 0 Å². The molecule has 0 aliphatic rings. The molecule has 3 N–H and O–H groups in total. The summed E-state index contributed by atoms with van der Waals surface area (Å²) < 4.78 is 4.96. The number of thioether (sulfide) groups is 1. The zero-order valence-corrected chi connectivity index (χ0v) is 12.7. The molecule has 0 spiro atoms. The number of nitrogens with two attached hydrogens (primary N) is 1. The van der Waals surface area contributed by atoms with Crippen LogP contribution in [0.5, 0.6) is 0 Å². The fraction of sp³-hybridized carbons (Fsp3) is 0.462. The van der Waals surface area contributed by atoms with Crippen LogP contribution >= 0.6 is 23.4 Å². The van der Waals surface area contributed by atoms with Gasteiger partial charge in [-0.2, -0.15) is 0 Å². The maximum atomic E-state index is 11.9. The molecule has 1 rings (SSSR count). The molecule has 19 heavy (non-hydrogen) atoms. The highest BCUT2D eigenvalue weighted by Gasteiger charge is 2.13. The van der Waals surface area contributed by atoms with Crippen LogP contribution < -0.4 is 11.1 Å². The number of methoxy groups -OCH3 is 1. The normalized spacial score (nSPS) is 12.2. The molecular formula is C13H19ClN2O2S. The highest BCUT2D eigenvalue weighted by atomic mass is 35.5. The van der Waals surface area contributed by atoms with E-state index < -0.39 is 0 Å². The number of rotatable bonds is 7. The lowest BCUT2D eigenvalue weighted by molar-refractivity contribution is -0.115. The molecule has 6 heteroatoms. The molecule has 0 heterocycles. The fourth-order valence-corrected chi connectivity index (χ4v) is 2.37. The van der Waals surface area contributed by atoms with E-state index >= 15 is 0 Å². The molecule has 1 aromatic carbocycles. The zero-order chi connectivity index (χ0) is 14.3. The van der Waals surface area contributed by atoms with E-state index in [-0.39, 0.29) is 11.2 Å². The van der Waals surface area contributed by atoms with Gasteiger partial charge in [0.2, 0.25) is 5.91 Å². The molecule has 4 nitrogen and oxygen atoms in total. The van der Waals surface area contributed by atoms with Crippen LogP contribution in [0.2, 0.25) is 5.02 Å². The monoisotopic (exact) mass is 302 g/mol. The largest absolute Gasteiger partial charge is 0.397 e. The molecule has 106 valence electrons. The highest BCUT2D eigenvalue weighted by Crippen LogP contribution is 2.23. The number of amides is 1. The average Bonchev–Trinajstić information content (AvgIpc) is 2.38. The Kier molecular flexibility index (Phi) is 7.05.